The predicted molar refractivity (Wildman–Crippen MR) is 57.9 cm³/mol. The van der Waals surface area contributed by atoms with E-state index < -0.39 is 16.5 Å². The fourth-order valence-electron chi connectivity index (χ4n) is 1.61. The minimum Gasteiger partial charge on any atom is -0.298 e. The number of pyridine rings is 1. The third kappa shape index (κ3) is 1.96. The van der Waals surface area contributed by atoms with Gasteiger partial charge in [0.2, 0.25) is 11.1 Å². The summed E-state index contributed by atoms with van der Waals surface area (Å²) in [5.41, 5.74) is -0.455. The molecule has 17 heavy (non-hydrogen) atoms. The van der Waals surface area contributed by atoms with Crippen molar-refractivity contribution in [2.24, 2.45) is 0 Å². The van der Waals surface area contributed by atoms with Gasteiger partial charge in [-0.15, -0.1) is 0 Å². The van der Waals surface area contributed by atoms with Crippen molar-refractivity contribution in [1.82, 2.24) is 4.98 Å². The molecule has 0 radical (unpaired) electrons. The largest absolute Gasteiger partial charge is 0.329 e. The zero-order valence-corrected chi connectivity index (χ0v) is 9.18. The first-order chi connectivity index (χ1) is 8.00. The molecule has 7 nitrogen and oxygen atoms in total. The summed E-state index contributed by atoms with van der Waals surface area (Å²) in [5, 5.41) is 10.5. The molecule has 2 rings (SSSR count). The van der Waals surface area contributed by atoms with Gasteiger partial charge in [0.15, 0.2) is 5.78 Å². The Kier molecular flexibility index (Phi) is 2.76. The van der Waals surface area contributed by atoms with Crippen LogP contribution >= 0.6 is 11.6 Å². The molecule has 0 unspecified atom stereocenters. The van der Waals surface area contributed by atoms with Gasteiger partial charge in [-0.1, -0.05) is 11.6 Å². The maximum Gasteiger partial charge on any atom is 0.329 e. The molecular formula is C9H6ClN3O4. The molecule has 1 aromatic rings. The smallest absolute Gasteiger partial charge is 0.298 e. The summed E-state index contributed by atoms with van der Waals surface area (Å²) in [5.74, 6) is -0.752. The van der Waals surface area contributed by atoms with E-state index in [1.165, 1.54) is 12.3 Å². The van der Waals surface area contributed by atoms with E-state index in [1.807, 2.05) is 0 Å². The predicted octanol–water partition coefficient (Wildman–Crippen LogP) is 0.949. The lowest BCUT2D eigenvalue weighted by Gasteiger charge is -2.14. The summed E-state index contributed by atoms with van der Waals surface area (Å²) in [6, 6.07) is 1.29. The molecule has 0 spiro atoms. The van der Waals surface area contributed by atoms with Crippen LogP contribution < -0.4 is 4.90 Å². The van der Waals surface area contributed by atoms with Crippen molar-refractivity contribution in [3.63, 3.8) is 0 Å². The van der Waals surface area contributed by atoms with E-state index in [2.05, 4.69) is 4.98 Å². The third-order valence-electron chi connectivity index (χ3n) is 2.32. The second-order valence-corrected chi connectivity index (χ2v) is 3.78. The van der Waals surface area contributed by atoms with E-state index in [1.54, 1.807) is 0 Å². The van der Waals surface area contributed by atoms with Gasteiger partial charge in [-0.3, -0.25) is 24.6 Å². The number of halogens is 1. The minimum atomic E-state index is -0.721. The summed E-state index contributed by atoms with van der Waals surface area (Å²) >= 11 is 5.61. The van der Waals surface area contributed by atoms with Gasteiger partial charge < -0.3 is 0 Å². The number of aromatic nitrogens is 1. The molecule has 0 N–H and O–H groups in total. The molecule has 2 heterocycles. The standard InChI is InChI=1S/C9H6ClN3O4/c10-9-8(13(16)17)6(1-2-11-9)12-4-5(14)3-7(12)15/h1-2H,3-4H2. The number of hydrogen-bond donors (Lipinski definition) is 0. The molecule has 0 aliphatic carbocycles. The van der Waals surface area contributed by atoms with Gasteiger partial charge in [0.1, 0.15) is 5.69 Å². The summed E-state index contributed by atoms with van der Waals surface area (Å²) in [6.07, 6.45) is 1.01. The Labute approximate surface area is 100 Å². The van der Waals surface area contributed by atoms with E-state index >= 15 is 0 Å². The van der Waals surface area contributed by atoms with Gasteiger partial charge in [-0.2, -0.15) is 0 Å². The van der Waals surface area contributed by atoms with Crippen LogP contribution in [0.25, 0.3) is 0 Å². The molecule has 1 aromatic heterocycles. The topological polar surface area (TPSA) is 93.4 Å². The van der Waals surface area contributed by atoms with Gasteiger partial charge in [-0.25, -0.2) is 4.98 Å². The van der Waals surface area contributed by atoms with Crippen molar-refractivity contribution in [2.75, 3.05) is 11.4 Å². The van der Waals surface area contributed by atoms with E-state index in [0.717, 1.165) is 4.90 Å². The normalized spacial score (nSPS) is 15.5. The fourth-order valence-corrected chi connectivity index (χ4v) is 1.83. The lowest BCUT2D eigenvalue weighted by molar-refractivity contribution is -0.384. The molecule has 1 amide bonds. The molecule has 0 atom stereocenters. The van der Waals surface area contributed by atoms with Crippen LogP contribution in [0.3, 0.4) is 0 Å². The Balaban J connectivity index is 2.52. The van der Waals surface area contributed by atoms with Gasteiger partial charge in [0, 0.05) is 6.20 Å². The second kappa shape index (κ2) is 4.10. The summed E-state index contributed by atoms with van der Waals surface area (Å²) < 4.78 is 0. The molecule has 1 saturated heterocycles. The quantitative estimate of drug-likeness (QED) is 0.339. The number of Topliss-reactive ketones (excluding diaryl/α,β-unsaturated/α-hetero) is 1. The molecule has 8 heteroatoms. The van der Waals surface area contributed by atoms with E-state index in [-0.39, 0.29) is 29.6 Å². The third-order valence-corrected chi connectivity index (χ3v) is 2.59. The van der Waals surface area contributed by atoms with Crippen LogP contribution in [0.2, 0.25) is 5.15 Å². The number of hydrogen-bond acceptors (Lipinski definition) is 5. The van der Waals surface area contributed by atoms with E-state index in [0.29, 0.717) is 0 Å². The Morgan fingerprint density at radius 2 is 2.18 bits per heavy atom. The molecule has 1 aliphatic heterocycles. The molecule has 1 aliphatic rings. The number of ketones is 1. The number of carbonyl (C=O) groups is 2. The van der Waals surface area contributed by atoms with Gasteiger partial charge in [0.05, 0.1) is 17.9 Å². The van der Waals surface area contributed by atoms with Crippen molar-refractivity contribution in [3.8, 4) is 0 Å². The lowest BCUT2D eigenvalue weighted by atomic mass is 10.3. The second-order valence-electron chi connectivity index (χ2n) is 3.42. The summed E-state index contributed by atoms with van der Waals surface area (Å²) in [6.45, 7) is -0.167. The average Bonchev–Trinajstić information content (AvgIpc) is 2.56. The van der Waals surface area contributed by atoms with Gasteiger partial charge >= 0.3 is 5.69 Å². The van der Waals surface area contributed by atoms with Gasteiger partial charge in [-0.05, 0) is 6.07 Å². The Hall–Kier alpha value is -2.02. The van der Waals surface area contributed by atoms with Crippen molar-refractivity contribution in [2.45, 2.75) is 6.42 Å². The highest BCUT2D eigenvalue weighted by Gasteiger charge is 2.34. The monoisotopic (exact) mass is 255 g/mol. The van der Waals surface area contributed by atoms with Crippen LogP contribution in [-0.2, 0) is 9.59 Å². The number of anilines is 1. The van der Waals surface area contributed by atoms with Crippen molar-refractivity contribution in [1.29, 1.82) is 0 Å². The first-order valence-electron chi connectivity index (χ1n) is 4.61. The first-order valence-corrected chi connectivity index (χ1v) is 4.99. The highest BCUT2D eigenvalue weighted by molar-refractivity contribution is 6.32. The van der Waals surface area contributed by atoms with E-state index in [9.17, 15) is 19.7 Å². The summed E-state index contributed by atoms with van der Waals surface area (Å²) in [7, 11) is 0. The molecule has 0 bridgehead atoms. The highest BCUT2D eigenvalue weighted by Crippen LogP contribution is 2.34. The van der Waals surface area contributed by atoms with Crippen LogP contribution in [0.15, 0.2) is 12.3 Å². The summed E-state index contributed by atoms with van der Waals surface area (Å²) in [4.78, 5) is 37.4. The van der Waals surface area contributed by atoms with Crippen molar-refractivity contribution < 1.29 is 14.5 Å². The zero-order valence-electron chi connectivity index (χ0n) is 8.42. The number of carbonyl (C=O) groups excluding carboxylic acids is 2. The number of rotatable bonds is 2. The number of nitro groups is 1. The first kappa shape index (κ1) is 11.5. The molecule has 88 valence electrons. The highest BCUT2D eigenvalue weighted by atomic mass is 35.5. The SMILES string of the molecule is O=C1CC(=O)N(c2ccnc(Cl)c2[N+](=O)[O-])C1. The van der Waals surface area contributed by atoms with Gasteiger partial charge in [0.25, 0.3) is 0 Å². The van der Waals surface area contributed by atoms with Crippen molar-refractivity contribution >= 4 is 34.7 Å². The average molecular weight is 256 g/mol. The molecule has 1 fully saturated rings. The lowest BCUT2D eigenvalue weighted by Crippen LogP contribution is -2.25. The Bertz CT molecular complexity index is 531. The molecule has 0 saturated carbocycles. The minimum absolute atomic E-state index is 0.00542. The van der Waals surface area contributed by atoms with Crippen LogP contribution in [-0.4, -0.2) is 28.1 Å². The van der Waals surface area contributed by atoms with Crippen LogP contribution in [0.4, 0.5) is 11.4 Å². The molecule has 0 aromatic carbocycles. The number of amides is 1. The Morgan fingerprint density at radius 3 is 2.71 bits per heavy atom. The maximum atomic E-state index is 11.5. The Morgan fingerprint density at radius 1 is 1.47 bits per heavy atom. The van der Waals surface area contributed by atoms with Crippen LogP contribution in [0, 0.1) is 10.1 Å². The van der Waals surface area contributed by atoms with E-state index in [4.69, 9.17) is 11.6 Å². The fraction of sp³-hybridized carbons (Fsp3) is 0.222. The maximum absolute atomic E-state index is 11.5. The molecular weight excluding hydrogens is 250 g/mol. The van der Waals surface area contributed by atoms with Crippen LogP contribution in [0.1, 0.15) is 6.42 Å². The zero-order chi connectivity index (χ0) is 12.6. The van der Waals surface area contributed by atoms with Crippen molar-refractivity contribution in [3.05, 3.63) is 27.5 Å². The number of nitrogens with zero attached hydrogens (tertiary/aromatic N) is 3. The van der Waals surface area contributed by atoms with Crippen LogP contribution in [0.5, 0.6) is 0 Å².